The van der Waals surface area contributed by atoms with Gasteiger partial charge in [-0.15, -0.1) is 0 Å². The number of nitrogens with one attached hydrogen (secondary N) is 3. The first-order chi connectivity index (χ1) is 11.4. The lowest BCUT2D eigenvalue weighted by Gasteiger charge is -2.18. The van der Waals surface area contributed by atoms with Crippen molar-refractivity contribution in [1.82, 2.24) is 10.6 Å². The van der Waals surface area contributed by atoms with Crippen LogP contribution in [0.25, 0.3) is 0 Å². The molecule has 0 fully saturated rings. The van der Waals surface area contributed by atoms with Crippen LogP contribution in [0.1, 0.15) is 26.7 Å². The third-order valence-corrected chi connectivity index (χ3v) is 3.54. The van der Waals surface area contributed by atoms with E-state index in [0.29, 0.717) is 12.1 Å². The Kier molecular flexibility index (Phi) is 8.85. The molecule has 1 aromatic rings. The maximum atomic E-state index is 12.1. The van der Waals surface area contributed by atoms with E-state index in [4.69, 9.17) is 4.74 Å². The van der Waals surface area contributed by atoms with Gasteiger partial charge in [-0.25, -0.2) is 4.79 Å². The van der Waals surface area contributed by atoms with E-state index < -0.39 is 18.0 Å². The zero-order valence-corrected chi connectivity index (χ0v) is 15.3. The molecule has 24 heavy (non-hydrogen) atoms. The van der Waals surface area contributed by atoms with Crippen molar-refractivity contribution in [2.24, 2.45) is 0 Å². The van der Waals surface area contributed by atoms with Gasteiger partial charge in [0.1, 0.15) is 12.6 Å². The molecule has 1 aromatic carbocycles. The molecule has 0 aliphatic heterocycles. The fraction of sp³-hybridized carbons (Fsp3) is 0.438. The van der Waals surface area contributed by atoms with Crippen LogP contribution < -0.4 is 16.0 Å². The molecule has 0 radical (unpaired) electrons. The zero-order chi connectivity index (χ0) is 17.9. The first-order valence-corrected chi connectivity index (χ1v) is 8.45. The second kappa shape index (κ2) is 10.6. The molecule has 3 amide bonds. The maximum absolute atomic E-state index is 12.1. The van der Waals surface area contributed by atoms with Gasteiger partial charge < -0.3 is 20.7 Å². The average molecular weight is 400 g/mol. The Hall–Kier alpha value is -2.09. The van der Waals surface area contributed by atoms with Crippen LogP contribution in [-0.2, 0) is 14.3 Å². The quantitative estimate of drug-likeness (QED) is 0.461. The van der Waals surface area contributed by atoms with Crippen LogP contribution in [0.3, 0.4) is 0 Å². The van der Waals surface area contributed by atoms with Crippen molar-refractivity contribution < 1.29 is 19.1 Å². The zero-order valence-electron chi connectivity index (χ0n) is 13.7. The number of amides is 3. The highest BCUT2D eigenvalue weighted by Crippen LogP contribution is 2.14. The standard InChI is InChI=1S/C16H22BrN3O4/c1-3-4-14(15(22)18-9-10-24-11(2)21)20-16(23)19-13-7-5-12(17)6-8-13/h5-8,14H,3-4,9-10H2,1-2H3,(H,18,22)(H2,19,20,23). The molecule has 0 bridgehead atoms. The molecule has 1 unspecified atom stereocenters. The number of benzene rings is 1. The number of halogens is 1. The van der Waals surface area contributed by atoms with E-state index in [0.717, 1.165) is 10.9 Å². The summed E-state index contributed by atoms with van der Waals surface area (Å²) >= 11 is 3.32. The van der Waals surface area contributed by atoms with Gasteiger partial charge in [0.05, 0.1) is 6.54 Å². The Labute approximate surface area is 149 Å². The SMILES string of the molecule is CCCC(NC(=O)Nc1ccc(Br)cc1)C(=O)NCCOC(C)=O. The number of anilines is 1. The van der Waals surface area contributed by atoms with Gasteiger partial charge in [-0.1, -0.05) is 29.3 Å². The minimum Gasteiger partial charge on any atom is -0.464 e. The smallest absolute Gasteiger partial charge is 0.319 e. The summed E-state index contributed by atoms with van der Waals surface area (Å²) in [7, 11) is 0. The third-order valence-electron chi connectivity index (χ3n) is 3.01. The highest BCUT2D eigenvalue weighted by molar-refractivity contribution is 9.10. The lowest BCUT2D eigenvalue weighted by Crippen LogP contribution is -2.48. The molecule has 0 aliphatic rings. The normalized spacial score (nSPS) is 11.3. The highest BCUT2D eigenvalue weighted by atomic mass is 79.9. The molecule has 8 heteroatoms. The van der Waals surface area contributed by atoms with E-state index in [9.17, 15) is 14.4 Å². The molecule has 132 valence electrons. The van der Waals surface area contributed by atoms with Gasteiger partial charge in [-0.3, -0.25) is 9.59 Å². The van der Waals surface area contributed by atoms with Gasteiger partial charge in [0.15, 0.2) is 0 Å². The van der Waals surface area contributed by atoms with Gasteiger partial charge in [-0.2, -0.15) is 0 Å². The van der Waals surface area contributed by atoms with E-state index in [-0.39, 0.29) is 19.1 Å². The molecule has 0 aromatic heterocycles. The summed E-state index contributed by atoms with van der Waals surface area (Å²) in [6.45, 7) is 3.53. The lowest BCUT2D eigenvalue weighted by atomic mass is 10.1. The fourth-order valence-corrected chi connectivity index (χ4v) is 2.17. The van der Waals surface area contributed by atoms with Crippen LogP contribution in [0.5, 0.6) is 0 Å². The molecule has 0 aliphatic carbocycles. The van der Waals surface area contributed by atoms with E-state index >= 15 is 0 Å². The van der Waals surface area contributed by atoms with Crippen LogP contribution in [0.2, 0.25) is 0 Å². The first-order valence-electron chi connectivity index (χ1n) is 7.66. The van der Waals surface area contributed by atoms with Crippen molar-refractivity contribution in [2.45, 2.75) is 32.7 Å². The first kappa shape index (κ1) is 20.0. The number of rotatable bonds is 8. The number of hydrogen-bond donors (Lipinski definition) is 3. The fourth-order valence-electron chi connectivity index (χ4n) is 1.91. The summed E-state index contributed by atoms with van der Waals surface area (Å²) in [6.07, 6.45) is 1.24. The molecular weight excluding hydrogens is 378 g/mol. The Morgan fingerprint density at radius 3 is 2.46 bits per heavy atom. The summed E-state index contributed by atoms with van der Waals surface area (Å²) in [5.74, 6) is -0.712. The van der Waals surface area contributed by atoms with Gasteiger partial charge in [0.25, 0.3) is 0 Å². The van der Waals surface area contributed by atoms with E-state index in [2.05, 4.69) is 31.9 Å². The minimum absolute atomic E-state index is 0.102. The summed E-state index contributed by atoms with van der Waals surface area (Å²) in [4.78, 5) is 34.8. The Morgan fingerprint density at radius 1 is 1.21 bits per heavy atom. The van der Waals surface area contributed by atoms with Gasteiger partial charge in [0, 0.05) is 17.1 Å². The van der Waals surface area contributed by atoms with Crippen LogP contribution in [0.4, 0.5) is 10.5 Å². The number of ether oxygens (including phenoxy) is 1. The third kappa shape index (κ3) is 7.96. The number of hydrogen-bond acceptors (Lipinski definition) is 4. The maximum Gasteiger partial charge on any atom is 0.319 e. The number of carbonyl (C=O) groups excluding carboxylic acids is 3. The summed E-state index contributed by atoms with van der Waals surface area (Å²) < 4.78 is 5.65. The number of esters is 1. The van der Waals surface area contributed by atoms with Crippen molar-refractivity contribution in [2.75, 3.05) is 18.5 Å². The number of carbonyl (C=O) groups is 3. The van der Waals surface area contributed by atoms with E-state index in [1.807, 2.05) is 6.92 Å². The Bertz CT molecular complexity index is 563. The minimum atomic E-state index is -0.650. The molecule has 0 saturated heterocycles. The predicted octanol–water partition coefficient (Wildman–Crippen LogP) is 2.42. The van der Waals surface area contributed by atoms with Crippen molar-refractivity contribution >= 4 is 39.5 Å². The van der Waals surface area contributed by atoms with Crippen molar-refractivity contribution in [3.05, 3.63) is 28.7 Å². The van der Waals surface area contributed by atoms with Crippen molar-refractivity contribution in [1.29, 1.82) is 0 Å². The predicted molar refractivity (Wildman–Crippen MR) is 94.6 cm³/mol. The highest BCUT2D eigenvalue weighted by Gasteiger charge is 2.19. The Balaban J connectivity index is 2.48. The van der Waals surface area contributed by atoms with E-state index in [1.54, 1.807) is 24.3 Å². The monoisotopic (exact) mass is 399 g/mol. The van der Waals surface area contributed by atoms with Crippen LogP contribution >= 0.6 is 15.9 Å². The van der Waals surface area contributed by atoms with Gasteiger partial charge >= 0.3 is 12.0 Å². The van der Waals surface area contributed by atoms with Crippen LogP contribution in [0, 0.1) is 0 Å². The molecule has 7 nitrogen and oxygen atoms in total. The molecule has 1 atom stereocenters. The molecule has 0 heterocycles. The van der Waals surface area contributed by atoms with Crippen molar-refractivity contribution in [3.8, 4) is 0 Å². The second-order valence-corrected chi connectivity index (χ2v) is 5.99. The van der Waals surface area contributed by atoms with Crippen molar-refractivity contribution in [3.63, 3.8) is 0 Å². The van der Waals surface area contributed by atoms with Crippen LogP contribution in [0.15, 0.2) is 28.7 Å². The largest absolute Gasteiger partial charge is 0.464 e. The topological polar surface area (TPSA) is 96.5 Å². The lowest BCUT2D eigenvalue weighted by molar-refractivity contribution is -0.141. The molecule has 3 N–H and O–H groups in total. The van der Waals surface area contributed by atoms with Crippen LogP contribution in [-0.4, -0.2) is 37.1 Å². The molecule has 1 rings (SSSR count). The summed E-state index contributed by atoms with van der Waals surface area (Å²) in [6, 6.07) is 6.01. The average Bonchev–Trinajstić information content (AvgIpc) is 2.53. The number of urea groups is 1. The van der Waals surface area contributed by atoms with E-state index in [1.165, 1.54) is 6.92 Å². The second-order valence-electron chi connectivity index (χ2n) is 5.08. The Morgan fingerprint density at radius 2 is 1.88 bits per heavy atom. The molecule has 0 spiro atoms. The molecular formula is C16H22BrN3O4. The molecule has 0 saturated carbocycles. The summed E-state index contributed by atoms with van der Waals surface area (Å²) in [5.41, 5.74) is 0.626. The van der Waals surface area contributed by atoms with Gasteiger partial charge in [-0.05, 0) is 30.7 Å². The summed E-state index contributed by atoms with van der Waals surface area (Å²) in [5, 5.41) is 7.96. The van der Waals surface area contributed by atoms with Gasteiger partial charge in [0.2, 0.25) is 5.91 Å².